The normalized spacial score (nSPS) is 11.1. The molecule has 0 aromatic heterocycles. The average Bonchev–Trinajstić information content (AvgIpc) is 3.01. The summed E-state index contributed by atoms with van der Waals surface area (Å²) in [4.78, 5) is 13.2. The highest BCUT2D eigenvalue weighted by Gasteiger charge is 2.14. The lowest BCUT2D eigenvalue weighted by Crippen LogP contribution is -2.13. The van der Waals surface area contributed by atoms with Crippen LogP contribution in [0.1, 0.15) is 16.7 Å². The molecule has 0 bridgehead atoms. The summed E-state index contributed by atoms with van der Waals surface area (Å²) in [7, 11) is 0. The predicted octanol–water partition coefficient (Wildman–Crippen LogP) is 9.61. The lowest BCUT2D eigenvalue weighted by Gasteiger charge is -2.13. The number of halogens is 3. The predicted molar refractivity (Wildman–Crippen MR) is 172 cm³/mol. The second-order valence-electron chi connectivity index (χ2n) is 9.30. The van der Waals surface area contributed by atoms with E-state index in [1.54, 1.807) is 42.5 Å². The van der Waals surface area contributed by atoms with Crippen molar-refractivity contribution in [3.63, 3.8) is 0 Å². The lowest BCUT2D eigenvalue weighted by atomic mass is 10.0. The molecule has 5 rings (SSSR count). The van der Waals surface area contributed by atoms with Gasteiger partial charge in [-0.15, -0.1) is 0 Å². The van der Waals surface area contributed by atoms with E-state index in [0.29, 0.717) is 39.4 Å². The number of ether oxygens (including phenoxy) is 2. The monoisotopic (exact) mass is 656 g/mol. The first-order valence-electron chi connectivity index (χ1n) is 12.9. The molecule has 42 heavy (non-hydrogen) atoms. The Balaban J connectivity index is 1.33. The average molecular weight is 658 g/mol. The van der Waals surface area contributed by atoms with E-state index in [2.05, 4.69) is 21.2 Å². The van der Waals surface area contributed by atoms with Crippen LogP contribution in [-0.2, 0) is 18.0 Å². The summed E-state index contributed by atoms with van der Waals surface area (Å²) in [5, 5.41) is 15.4. The molecule has 0 saturated carbocycles. The van der Waals surface area contributed by atoms with Gasteiger partial charge in [-0.3, -0.25) is 4.79 Å². The Kier molecular flexibility index (Phi) is 9.45. The van der Waals surface area contributed by atoms with Gasteiger partial charge in [0.2, 0.25) is 0 Å². The van der Waals surface area contributed by atoms with Crippen molar-refractivity contribution in [3.05, 3.63) is 140 Å². The molecule has 0 aliphatic rings. The lowest BCUT2D eigenvalue weighted by molar-refractivity contribution is -0.112. The van der Waals surface area contributed by atoms with Crippen molar-refractivity contribution in [2.45, 2.75) is 13.2 Å². The van der Waals surface area contributed by atoms with Gasteiger partial charge in [0.25, 0.3) is 5.91 Å². The Hall–Kier alpha value is -4.28. The molecule has 208 valence electrons. The fraction of sp³-hybridized carbons (Fsp3) is 0.0588. The molecule has 0 saturated heterocycles. The van der Waals surface area contributed by atoms with Crippen LogP contribution < -0.4 is 14.8 Å². The van der Waals surface area contributed by atoms with Gasteiger partial charge in [-0.1, -0.05) is 87.7 Å². The summed E-state index contributed by atoms with van der Waals surface area (Å²) in [6, 6.07) is 33.7. The van der Waals surface area contributed by atoms with Crippen LogP contribution >= 0.6 is 39.1 Å². The van der Waals surface area contributed by atoms with E-state index in [4.69, 9.17) is 32.7 Å². The zero-order chi connectivity index (χ0) is 29.5. The van der Waals surface area contributed by atoms with E-state index in [1.165, 1.54) is 0 Å². The van der Waals surface area contributed by atoms with Gasteiger partial charge in [0, 0.05) is 15.7 Å². The summed E-state index contributed by atoms with van der Waals surface area (Å²) in [6.07, 6.45) is 1.55. The molecule has 0 radical (unpaired) electrons. The number of hydrogen-bond acceptors (Lipinski definition) is 4. The molecule has 0 atom stereocenters. The fourth-order valence-electron chi connectivity index (χ4n) is 4.21. The molecule has 5 aromatic carbocycles. The number of carbonyl (C=O) groups excluding carboxylic acids is 1. The molecule has 1 amide bonds. The van der Waals surface area contributed by atoms with E-state index in [1.807, 2.05) is 72.8 Å². The summed E-state index contributed by atoms with van der Waals surface area (Å²) >= 11 is 15.6. The number of fused-ring (bicyclic) bond motifs is 1. The van der Waals surface area contributed by atoms with Crippen LogP contribution in [-0.4, -0.2) is 5.91 Å². The number of carbonyl (C=O) groups is 1. The Labute approximate surface area is 262 Å². The number of benzene rings is 5. The molecule has 0 aliphatic heterocycles. The topological polar surface area (TPSA) is 71.3 Å². The maximum Gasteiger partial charge on any atom is 0.266 e. The van der Waals surface area contributed by atoms with Crippen molar-refractivity contribution in [1.29, 1.82) is 5.26 Å². The summed E-state index contributed by atoms with van der Waals surface area (Å²) in [5.74, 6) is 0.642. The molecular formula is C34H23BrCl2N2O3. The Bertz CT molecular complexity index is 1810. The van der Waals surface area contributed by atoms with Crippen LogP contribution in [0, 0.1) is 11.3 Å². The highest BCUT2D eigenvalue weighted by Crippen LogP contribution is 2.32. The van der Waals surface area contributed by atoms with Gasteiger partial charge in [0.15, 0.2) is 0 Å². The minimum absolute atomic E-state index is 0.0682. The number of hydrogen-bond donors (Lipinski definition) is 1. The van der Waals surface area contributed by atoms with Crippen LogP contribution in [0.4, 0.5) is 5.69 Å². The van der Waals surface area contributed by atoms with E-state index in [9.17, 15) is 10.1 Å². The zero-order valence-corrected chi connectivity index (χ0v) is 25.2. The second kappa shape index (κ2) is 13.6. The number of nitrogens with zero attached hydrogens (tertiary/aromatic N) is 1. The molecule has 0 heterocycles. The first-order valence-corrected chi connectivity index (χ1v) is 14.4. The van der Waals surface area contributed by atoms with Crippen LogP contribution in [0.3, 0.4) is 0 Å². The van der Waals surface area contributed by atoms with E-state index in [-0.39, 0.29) is 12.2 Å². The zero-order valence-electron chi connectivity index (χ0n) is 22.1. The Morgan fingerprint density at radius 2 is 1.55 bits per heavy atom. The molecule has 8 heteroatoms. The van der Waals surface area contributed by atoms with Crippen molar-refractivity contribution >= 4 is 67.6 Å². The fourth-order valence-corrected chi connectivity index (χ4v) is 4.80. The largest absolute Gasteiger partial charge is 0.489 e. The quantitative estimate of drug-likeness (QED) is 0.127. The Morgan fingerprint density at radius 3 is 2.29 bits per heavy atom. The Morgan fingerprint density at radius 1 is 0.833 bits per heavy atom. The van der Waals surface area contributed by atoms with E-state index in [0.717, 1.165) is 26.4 Å². The third-order valence-corrected chi connectivity index (χ3v) is 7.66. The van der Waals surface area contributed by atoms with Gasteiger partial charge in [-0.2, -0.15) is 5.26 Å². The van der Waals surface area contributed by atoms with Crippen LogP contribution in [0.15, 0.2) is 113 Å². The second-order valence-corrected chi connectivity index (χ2v) is 11.0. The number of nitrogens with one attached hydrogen (secondary N) is 1. The van der Waals surface area contributed by atoms with Crippen molar-refractivity contribution in [1.82, 2.24) is 0 Å². The summed E-state index contributed by atoms with van der Waals surface area (Å²) in [6.45, 7) is 0.640. The third kappa shape index (κ3) is 7.32. The third-order valence-electron chi connectivity index (χ3n) is 6.39. The number of anilines is 1. The van der Waals surface area contributed by atoms with Crippen LogP contribution in [0.25, 0.3) is 16.8 Å². The summed E-state index contributed by atoms with van der Waals surface area (Å²) < 4.78 is 13.0. The van der Waals surface area contributed by atoms with Gasteiger partial charge in [0.05, 0.1) is 10.0 Å². The molecule has 0 aliphatic carbocycles. The first kappa shape index (κ1) is 29.2. The van der Waals surface area contributed by atoms with Crippen molar-refractivity contribution in [2.75, 3.05) is 5.32 Å². The molecule has 1 N–H and O–H groups in total. The SMILES string of the molecule is N#C/C(=C\c1c(OCc2ccc(Cl)c(Cl)c2)ccc2ccccc12)C(=O)Nc1ccc(OCc2ccc(Br)cc2)cc1. The van der Waals surface area contributed by atoms with Gasteiger partial charge in [-0.25, -0.2) is 0 Å². The molecule has 0 fully saturated rings. The summed E-state index contributed by atoms with van der Waals surface area (Å²) in [5.41, 5.74) is 2.95. The first-order chi connectivity index (χ1) is 20.4. The van der Waals surface area contributed by atoms with Gasteiger partial charge in [-0.05, 0) is 82.6 Å². The van der Waals surface area contributed by atoms with Crippen molar-refractivity contribution in [3.8, 4) is 17.6 Å². The molecule has 0 unspecified atom stereocenters. The maximum absolute atomic E-state index is 13.2. The highest BCUT2D eigenvalue weighted by molar-refractivity contribution is 9.10. The van der Waals surface area contributed by atoms with Gasteiger partial charge < -0.3 is 14.8 Å². The molecule has 5 nitrogen and oxygen atoms in total. The van der Waals surface area contributed by atoms with Crippen molar-refractivity contribution < 1.29 is 14.3 Å². The highest BCUT2D eigenvalue weighted by atomic mass is 79.9. The van der Waals surface area contributed by atoms with Gasteiger partial charge in [0.1, 0.15) is 36.4 Å². The molecule has 5 aromatic rings. The van der Waals surface area contributed by atoms with Crippen LogP contribution in [0.2, 0.25) is 10.0 Å². The minimum atomic E-state index is -0.538. The van der Waals surface area contributed by atoms with E-state index >= 15 is 0 Å². The molecule has 0 spiro atoms. The number of nitriles is 1. The number of rotatable bonds is 9. The van der Waals surface area contributed by atoms with Crippen molar-refractivity contribution in [2.24, 2.45) is 0 Å². The van der Waals surface area contributed by atoms with E-state index < -0.39 is 5.91 Å². The number of amides is 1. The van der Waals surface area contributed by atoms with Gasteiger partial charge >= 0.3 is 0 Å². The minimum Gasteiger partial charge on any atom is -0.489 e. The smallest absolute Gasteiger partial charge is 0.266 e. The molecular weight excluding hydrogens is 635 g/mol. The van der Waals surface area contributed by atoms with Crippen LogP contribution in [0.5, 0.6) is 11.5 Å². The standard InChI is InChI=1S/C34H23BrCl2N2O3/c35-26-9-5-22(6-10-26)20-41-28-13-11-27(12-14-28)39-34(40)25(19-38)18-30-29-4-2-1-3-24(29)8-16-33(30)42-21-23-7-15-31(36)32(37)17-23/h1-18H,20-21H2,(H,39,40)/b25-18+. The maximum atomic E-state index is 13.2.